The van der Waals surface area contributed by atoms with Gasteiger partial charge in [0, 0.05) is 11.1 Å². The van der Waals surface area contributed by atoms with E-state index >= 15 is 0 Å². The summed E-state index contributed by atoms with van der Waals surface area (Å²) in [6.45, 7) is 1.66. The van der Waals surface area contributed by atoms with Crippen LogP contribution in [-0.2, 0) is 12.4 Å². The highest BCUT2D eigenvalue weighted by molar-refractivity contribution is 5.80. The number of hydrogen-bond donors (Lipinski definition) is 0. The fraction of sp³-hybridized carbons (Fsp3) is 0.158. The van der Waals surface area contributed by atoms with Gasteiger partial charge in [0.15, 0.2) is 0 Å². The van der Waals surface area contributed by atoms with E-state index in [1.807, 2.05) is 0 Å². The summed E-state index contributed by atoms with van der Waals surface area (Å²) in [4.78, 5) is 0. The minimum Gasteiger partial charge on any atom is -0.166 e. The van der Waals surface area contributed by atoms with Crippen molar-refractivity contribution in [2.45, 2.75) is 19.3 Å². The van der Waals surface area contributed by atoms with Crippen molar-refractivity contribution in [2.24, 2.45) is 0 Å². The molecular weight excluding hydrogens is 370 g/mol. The Morgan fingerprint density at radius 3 is 1.52 bits per heavy atom. The highest BCUT2D eigenvalue weighted by Crippen LogP contribution is 2.35. The van der Waals surface area contributed by atoms with Gasteiger partial charge in [-0.2, -0.15) is 31.4 Å². The molecule has 8 heteroatoms. The molecular formula is C19H12F6N2. The van der Waals surface area contributed by atoms with Crippen LogP contribution in [0.1, 0.15) is 16.8 Å². The molecule has 0 aliphatic rings. The average Bonchev–Trinajstić information content (AvgIpc) is 2.60. The fourth-order valence-corrected chi connectivity index (χ4v) is 2.58. The number of aromatic nitrogens is 2. The lowest BCUT2D eigenvalue weighted by Gasteiger charge is -2.12. The molecule has 0 spiro atoms. The first-order chi connectivity index (χ1) is 12.6. The highest BCUT2D eigenvalue weighted by atomic mass is 19.4. The number of rotatable bonds is 2. The maximum absolute atomic E-state index is 12.8. The zero-order valence-electron chi connectivity index (χ0n) is 13.9. The summed E-state index contributed by atoms with van der Waals surface area (Å²) in [6.07, 6.45) is -8.92. The van der Waals surface area contributed by atoms with Crippen LogP contribution in [0.5, 0.6) is 0 Å². The molecule has 0 N–H and O–H groups in total. The predicted molar refractivity (Wildman–Crippen MR) is 87.6 cm³/mol. The van der Waals surface area contributed by atoms with Gasteiger partial charge in [-0.05, 0) is 42.8 Å². The number of hydrogen-bond acceptors (Lipinski definition) is 2. The molecule has 140 valence electrons. The summed E-state index contributed by atoms with van der Waals surface area (Å²) < 4.78 is 76.5. The second-order valence-corrected chi connectivity index (χ2v) is 5.90. The molecule has 0 saturated carbocycles. The molecule has 2 aromatic carbocycles. The molecule has 1 aromatic heterocycles. The minimum atomic E-state index is -4.46. The molecule has 0 atom stereocenters. The molecule has 27 heavy (non-hydrogen) atoms. The predicted octanol–water partition coefficient (Wildman–Crippen LogP) is 6.16. The molecule has 1 heterocycles. The van der Waals surface area contributed by atoms with Gasteiger partial charge in [-0.3, -0.25) is 0 Å². The van der Waals surface area contributed by atoms with Crippen molar-refractivity contribution in [1.29, 1.82) is 0 Å². The van der Waals surface area contributed by atoms with Crippen molar-refractivity contribution >= 4 is 0 Å². The smallest absolute Gasteiger partial charge is 0.166 e. The molecule has 0 aliphatic carbocycles. The quantitative estimate of drug-likeness (QED) is 0.497. The van der Waals surface area contributed by atoms with E-state index in [4.69, 9.17) is 0 Å². The third-order valence-corrected chi connectivity index (χ3v) is 3.92. The van der Waals surface area contributed by atoms with Crippen LogP contribution in [0.15, 0.2) is 54.6 Å². The molecule has 2 nitrogen and oxygen atoms in total. The standard InChI is InChI=1S/C19H12F6N2/c1-11-10-16(12-2-6-14(7-3-12)18(20,21)22)17(27-26-11)13-4-8-15(9-5-13)19(23,24)25/h2-10H,1H3. The van der Waals surface area contributed by atoms with Gasteiger partial charge in [0.25, 0.3) is 0 Å². The Hall–Kier alpha value is -2.90. The Balaban J connectivity index is 2.06. The zero-order valence-corrected chi connectivity index (χ0v) is 13.9. The van der Waals surface area contributed by atoms with Crippen LogP contribution in [-0.4, -0.2) is 10.2 Å². The van der Waals surface area contributed by atoms with Gasteiger partial charge in [0.05, 0.1) is 16.8 Å². The van der Waals surface area contributed by atoms with Crippen molar-refractivity contribution in [2.75, 3.05) is 0 Å². The van der Waals surface area contributed by atoms with E-state index < -0.39 is 23.5 Å². The Labute approximate surface area is 150 Å². The Kier molecular flexibility index (Phi) is 4.67. The van der Waals surface area contributed by atoms with E-state index in [0.717, 1.165) is 24.3 Å². The SMILES string of the molecule is Cc1cc(-c2ccc(C(F)(F)F)cc2)c(-c2ccc(C(F)(F)F)cc2)nn1. The Bertz CT molecular complexity index is 942. The second kappa shape index (κ2) is 6.68. The lowest BCUT2D eigenvalue weighted by atomic mass is 9.97. The lowest BCUT2D eigenvalue weighted by molar-refractivity contribution is -0.138. The van der Waals surface area contributed by atoms with Crippen LogP contribution >= 0.6 is 0 Å². The van der Waals surface area contributed by atoms with E-state index in [0.29, 0.717) is 22.4 Å². The maximum Gasteiger partial charge on any atom is 0.416 e. The van der Waals surface area contributed by atoms with Gasteiger partial charge in [-0.15, -0.1) is 5.10 Å². The molecule has 0 radical (unpaired) electrons. The first-order valence-corrected chi connectivity index (χ1v) is 7.75. The fourth-order valence-electron chi connectivity index (χ4n) is 2.58. The molecule has 0 unspecified atom stereocenters. The summed E-state index contributed by atoms with van der Waals surface area (Å²) in [6, 6.07) is 10.5. The van der Waals surface area contributed by atoms with Gasteiger partial charge < -0.3 is 0 Å². The molecule has 3 aromatic rings. The van der Waals surface area contributed by atoms with Crippen LogP contribution in [0.3, 0.4) is 0 Å². The minimum absolute atomic E-state index is 0.286. The number of benzene rings is 2. The lowest BCUT2D eigenvalue weighted by Crippen LogP contribution is -2.05. The first kappa shape index (κ1) is 18.9. The van der Waals surface area contributed by atoms with Crippen molar-refractivity contribution in [3.8, 4) is 22.4 Å². The highest BCUT2D eigenvalue weighted by Gasteiger charge is 2.31. The van der Waals surface area contributed by atoms with E-state index in [1.165, 1.54) is 24.3 Å². The summed E-state index contributed by atoms with van der Waals surface area (Å²) in [5.74, 6) is 0. The van der Waals surface area contributed by atoms with Gasteiger partial charge in [0.1, 0.15) is 5.69 Å². The molecule has 0 saturated heterocycles. The normalized spacial score (nSPS) is 12.3. The van der Waals surface area contributed by atoms with Crippen molar-refractivity contribution < 1.29 is 26.3 Å². The number of halogens is 6. The largest absolute Gasteiger partial charge is 0.416 e. The molecule has 0 aliphatic heterocycles. The van der Waals surface area contributed by atoms with Crippen LogP contribution in [0.2, 0.25) is 0 Å². The van der Waals surface area contributed by atoms with Crippen molar-refractivity contribution in [3.05, 3.63) is 71.4 Å². The zero-order chi connectivity index (χ0) is 19.8. The summed E-state index contributed by atoms with van der Waals surface area (Å²) in [5.41, 5.74) is 0.537. The van der Waals surface area contributed by atoms with Crippen molar-refractivity contribution in [3.63, 3.8) is 0 Å². The van der Waals surface area contributed by atoms with E-state index in [2.05, 4.69) is 10.2 Å². The average molecular weight is 382 g/mol. The van der Waals surface area contributed by atoms with Crippen molar-refractivity contribution in [1.82, 2.24) is 10.2 Å². The Morgan fingerprint density at radius 2 is 1.07 bits per heavy atom. The van der Waals surface area contributed by atoms with Gasteiger partial charge >= 0.3 is 12.4 Å². The second-order valence-electron chi connectivity index (χ2n) is 5.90. The monoisotopic (exact) mass is 382 g/mol. The summed E-state index contributed by atoms with van der Waals surface area (Å²) in [5, 5.41) is 7.95. The molecule has 0 fully saturated rings. The van der Waals surface area contributed by atoms with E-state index in [-0.39, 0.29) is 5.69 Å². The molecule has 0 bridgehead atoms. The Morgan fingerprint density at radius 1 is 0.630 bits per heavy atom. The third-order valence-electron chi connectivity index (χ3n) is 3.92. The number of nitrogens with zero attached hydrogens (tertiary/aromatic N) is 2. The van der Waals surface area contributed by atoms with Gasteiger partial charge in [0.2, 0.25) is 0 Å². The number of aryl methyl sites for hydroxylation is 1. The summed E-state index contributed by atoms with van der Waals surface area (Å²) in [7, 11) is 0. The topological polar surface area (TPSA) is 25.8 Å². The van der Waals surface area contributed by atoms with Crippen LogP contribution in [0.4, 0.5) is 26.3 Å². The van der Waals surface area contributed by atoms with E-state index in [9.17, 15) is 26.3 Å². The van der Waals surface area contributed by atoms with Gasteiger partial charge in [-0.1, -0.05) is 24.3 Å². The van der Waals surface area contributed by atoms with Crippen LogP contribution in [0, 0.1) is 6.92 Å². The van der Waals surface area contributed by atoms with Crippen LogP contribution in [0.25, 0.3) is 22.4 Å². The van der Waals surface area contributed by atoms with Gasteiger partial charge in [-0.25, -0.2) is 0 Å². The molecule has 0 amide bonds. The third kappa shape index (κ3) is 4.10. The molecule has 3 rings (SSSR count). The maximum atomic E-state index is 12.8. The first-order valence-electron chi connectivity index (χ1n) is 7.75. The van der Waals surface area contributed by atoms with E-state index in [1.54, 1.807) is 13.0 Å². The summed E-state index contributed by atoms with van der Waals surface area (Å²) >= 11 is 0. The van der Waals surface area contributed by atoms with Crippen LogP contribution < -0.4 is 0 Å². The number of alkyl halides is 6.